The van der Waals surface area contributed by atoms with E-state index in [2.05, 4.69) is 37.9 Å². The van der Waals surface area contributed by atoms with Crippen molar-refractivity contribution in [3.63, 3.8) is 0 Å². The van der Waals surface area contributed by atoms with Gasteiger partial charge < -0.3 is 10.4 Å². The maximum Gasteiger partial charge on any atom is 0.0746 e. The average Bonchev–Trinajstić information content (AvgIpc) is 2.61. The Morgan fingerprint density at radius 1 is 1.35 bits per heavy atom. The zero-order chi connectivity index (χ0) is 13.1. The van der Waals surface area contributed by atoms with Crippen LogP contribution in [0.1, 0.15) is 47.5 Å². The number of hydrogen-bond acceptors (Lipinski definition) is 3. The van der Waals surface area contributed by atoms with Crippen LogP contribution in [-0.2, 0) is 0 Å². The van der Waals surface area contributed by atoms with Crippen LogP contribution in [0.15, 0.2) is 0 Å². The van der Waals surface area contributed by atoms with Gasteiger partial charge in [-0.15, -0.1) is 0 Å². The maximum atomic E-state index is 10.2. The Balaban J connectivity index is 2.27. The Bertz CT molecular complexity index is 226. The molecule has 0 radical (unpaired) electrons. The van der Waals surface area contributed by atoms with Gasteiger partial charge in [0.1, 0.15) is 0 Å². The van der Waals surface area contributed by atoms with Crippen molar-refractivity contribution in [3.05, 3.63) is 0 Å². The highest BCUT2D eigenvalue weighted by Gasteiger charge is 2.27. The molecule has 0 aliphatic carbocycles. The minimum absolute atomic E-state index is 0.544. The number of nitrogens with one attached hydrogen (secondary N) is 1. The van der Waals surface area contributed by atoms with Crippen molar-refractivity contribution in [2.45, 2.75) is 65.1 Å². The van der Waals surface area contributed by atoms with E-state index < -0.39 is 5.60 Å². The minimum atomic E-state index is -0.570. The lowest BCUT2D eigenvalue weighted by Crippen LogP contribution is -2.44. The molecule has 102 valence electrons. The van der Waals surface area contributed by atoms with Crippen molar-refractivity contribution in [2.24, 2.45) is 5.92 Å². The molecule has 0 aromatic heterocycles. The molecule has 0 saturated carbocycles. The molecule has 1 fully saturated rings. The molecule has 1 saturated heterocycles. The van der Waals surface area contributed by atoms with Gasteiger partial charge >= 0.3 is 0 Å². The van der Waals surface area contributed by atoms with Crippen LogP contribution >= 0.6 is 0 Å². The quantitative estimate of drug-likeness (QED) is 0.746. The van der Waals surface area contributed by atoms with Gasteiger partial charge in [-0.1, -0.05) is 13.8 Å². The highest BCUT2D eigenvalue weighted by atomic mass is 16.3. The second kappa shape index (κ2) is 6.17. The van der Waals surface area contributed by atoms with Crippen LogP contribution in [0.25, 0.3) is 0 Å². The molecule has 3 nitrogen and oxygen atoms in total. The molecule has 1 aliphatic heterocycles. The van der Waals surface area contributed by atoms with Crippen molar-refractivity contribution in [2.75, 3.05) is 19.6 Å². The summed E-state index contributed by atoms with van der Waals surface area (Å²) in [7, 11) is 0. The summed E-state index contributed by atoms with van der Waals surface area (Å²) >= 11 is 0. The van der Waals surface area contributed by atoms with Gasteiger partial charge in [0.05, 0.1) is 5.60 Å². The largest absolute Gasteiger partial charge is 0.389 e. The van der Waals surface area contributed by atoms with Crippen LogP contribution in [0.3, 0.4) is 0 Å². The Morgan fingerprint density at radius 2 is 2.00 bits per heavy atom. The number of nitrogens with zero attached hydrogens (tertiary/aromatic N) is 1. The smallest absolute Gasteiger partial charge is 0.0746 e. The van der Waals surface area contributed by atoms with Crippen LogP contribution in [0.4, 0.5) is 0 Å². The highest BCUT2D eigenvalue weighted by molar-refractivity contribution is 4.86. The molecule has 0 aromatic rings. The van der Waals surface area contributed by atoms with Crippen LogP contribution in [0.2, 0.25) is 0 Å². The van der Waals surface area contributed by atoms with Gasteiger partial charge in [0.2, 0.25) is 0 Å². The normalized spacial score (nSPS) is 25.8. The van der Waals surface area contributed by atoms with Crippen molar-refractivity contribution in [3.8, 4) is 0 Å². The van der Waals surface area contributed by atoms with E-state index in [1.165, 1.54) is 13.0 Å². The number of hydrogen-bond donors (Lipinski definition) is 2. The molecule has 17 heavy (non-hydrogen) atoms. The fourth-order valence-electron chi connectivity index (χ4n) is 2.74. The second-order valence-electron chi connectivity index (χ2n) is 6.55. The first kappa shape index (κ1) is 14.9. The summed E-state index contributed by atoms with van der Waals surface area (Å²) in [5, 5.41) is 13.8. The lowest BCUT2D eigenvalue weighted by molar-refractivity contribution is 0.0360. The Hall–Kier alpha value is -0.120. The monoisotopic (exact) mass is 242 g/mol. The van der Waals surface area contributed by atoms with E-state index in [-0.39, 0.29) is 0 Å². The molecule has 0 spiro atoms. The summed E-state index contributed by atoms with van der Waals surface area (Å²) < 4.78 is 0. The topological polar surface area (TPSA) is 35.5 Å². The number of aliphatic hydroxyl groups is 1. The molecule has 2 atom stereocenters. The summed E-state index contributed by atoms with van der Waals surface area (Å²) in [6, 6.07) is 1.19. The van der Waals surface area contributed by atoms with Gasteiger partial charge in [0, 0.05) is 25.2 Å². The zero-order valence-corrected chi connectivity index (χ0v) is 12.2. The van der Waals surface area contributed by atoms with Crippen molar-refractivity contribution < 1.29 is 5.11 Å². The van der Waals surface area contributed by atoms with E-state index >= 15 is 0 Å². The van der Waals surface area contributed by atoms with E-state index in [1.807, 2.05) is 6.92 Å². The summed E-state index contributed by atoms with van der Waals surface area (Å²) in [6.07, 6.45) is 2.07. The first-order valence-electron chi connectivity index (χ1n) is 7.00. The molecule has 1 rings (SSSR count). The molecule has 1 aliphatic rings. The maximum absolute atomic E-state index is 10.2. The predicted octanol–water partition coefficient (Wildman–Crippen LogP) is 1.86. The summed E-state index contributed by atoms with van der Waals surface area (Å²) in [6.45, 7) is 13.8. The van der Waals surface area contributed by atoms with Crippen LogP contribution in [0, 0.1) is 5.92 Å². The van der Waals surface area contributed by atoms with Gasteiger partial charge in [0.25, 0.3) is 0 Å². The van der Waals surface area contributed by atoms with Gasteiger partial charge in [-0.2, -0.15) is 0 Å². The molecule has 0 aromatic carbocycles. The number of likely N-dealkylation sites (tertiary alicyclic amines) is 1. The summed E-state index contributed by atoms with van der Waals surface area (Å²) in [5.74, 6) is 0.544. The van der Waals surface area contributed by atoms with Crippen LogP contribution in [0.5, 0.6) is 0 Å². The van der Waals surface area contributed by atoms with E-state index in [0.717, 1.165) is 13.0 Å². The Kier molecular flexibility index (Phi) is 5.42. The lowest BCUT2D eigenvalue weighted by atomic mass is 9.94. The lowest BCUT2D eigenvalue weighted by Gasteiger charge is -2.28. The van der Waals surface area contributed by atoms with Crippen molar-refractivity contribution in [1.29, 1.82) is 0 Å². The predicted molar refractivity (Wildman–Crippen MR) is 73.2 cm³/mol. The molecular weight excluding hydrogens is 212 g/mol. The molecule has 1 heterocycles. The highest BCUT2D eigenvalue weighted by Crippen LogP contribution is 2.17. The zero-order valence-electron chi connectivity index (χ0n) is 12.2. The third kappa shape index (κ3) is 5.36. The van der Waals surface area contributed by atoms with Crippen molar-refractivity contribution >= 4 is 0 Å². The summed E-state index contributed by atoms with van der Waals surface area (Å²) in [5.41, 5.74) is -0.570. The van der Waals surface area contributed by atoms with Gasteiger partial charge in [-0.25, -0.2) is 0 Å². The van der Waals surface area contributed by atoms with Crippen molar-refractivity contribution in [1.82, 2.24) is 10.2 Å². The molecular formula is C14H30N2O. The molecule has 3 heteroatoms. The third-order valence-electron chi connectivity index (χ3n) is 3.57. The van der Waals surface area contributed by atoms with Gasteiger partial charge in [-0.3, -0.25) is 4.90 Å². The molecule has 0 bridgehead atoms. The first-order valence-corrected chi connectivity index (χ1v) is 7.00. The average molecular weight is 242 g/mol. The number of rotatable bonds is 6. The molecule has 0 amide bonds. The van der Waals surface area contributed by atoms with E-state index in [4.69, 9.17) is 0 Å². The van der Waals surface area contributed by atoms with Gasteiger partial charge in [-0.05, 0) is 46.1 Å². The van der Waals surface area contributed by atoms with E-state index in [0.29, 0.717) is 24.5 Å². The molecule has 2 N–H and O–H groups in total. The van der Waals surface area contributed by atoms with Crippen LogP contribution < -0.4 is 5.32 Å². The Morgan fingerprint density at radius 3 is 2.47 bits per heavy atom. The van der Waals surface area contributed by atoms with Gasteiger partial charge in [0.15, 0.2) is 0 Å². The van der Waals surface area contributed by atoms with E-state index in [1.54, 1.807) is 0 Å². The molecule has 2 unspecified atom stereocenters. The fourth-order valence-corrected chi connectivity index (χ4v) is 2.74. The van der Waals surface area contributed by atoms with Crippen LogP contribution in [-0.4, -0.2) is 47.3 Å². The standard InChI is InChI=1S/C14H30N2O/c1-11(2)8-14(5,17)10-15-13-6-7-16(9-13)12(3)4/h11-13,15,17H,6-10H2,1-5H3. The van der Waals surface area contributed by atoms with E-state index in [9.17, 15) is 5.11 Å². The Labute approximate surface area is 107 Å². The minimum Gasteiger partial charge on any atom is -0.389 e. The first-order chi connectivity index (χ1) is 7.80. The summed E-state index contributed by atoms with van der Waals surface area (Å²) in [4.78, 5) is 2.49. The second-order valence-corrected chi connectivity index (χ2v) is 6.55. The third-order valence-corrected chi connectivity index (χ3v) is 3.57. The fraction of sp³-hybridized carbons (Fsp3) is 1.00. The SMILES string of the molecule is CC(C)CC(C)(O)CNC1CCN(C(C)C)C1.